The molecule has 1 aromatic heterocycles. The Morgan fingerprint density at radius 2 is 1.89 bits per heavy atom. The van der Waals surface area contributed by atoms with E-state index in [9.17, 15) is 13.2 Å². The molecule has 0 unspecified atom stereocenters. The van der Waals surface area contributed by atoms with Crippen LogP contribution in [-0.2, 0) is 12.6 Å². The molecule has 4 rings (SSSR count). The van der Waals surface area contributed by atoms with E-state index in [1.807, 2.05) is 6.07 Å². The van der Waals surface area contributed by atoms with Crippen LogP contribution in [0.1, 0.15) is 11.1 Å². The number of benzene rings is 2. The molecule has 146 valence electrons. The van der Waals surface area contributed by atoms with Crippen molar-refractivity contribution in [2.75, 3.05) is 26.1 Å². The lowest BCUT2D eigenvalue weighted by Crippen LogP contribution is -2.08. The van der Waals surface area contributed by atoms with Crippen LogP contribution in [0.5, 0.6) is 11.5 Å². The van der Waals surface area contributed by atoms with Crippen molar-refractivity contribution in [3.8, 4) is 28.4 Å². The molecule has 28 heavy (non-hydrogen) atoms. The van der Waals surface area contributed by atoms with Crippen LogP contribution in [0, 0.1) is 0 Å². The second-order valence-corrected chi connectivity index (χ2v) is 6.38. The number of methoxy groups -OCH3 is 2. The van der Waals surface area contributed by atoms with Gasteiger partial charge in [-0.15, -0.1) is 0 Å². The Bertz CT molecular complexity index is 1030. The lowest BCUT2D eigenvalue weighted by Gasteiger charge is -2.11. The molecule has 0 radical (unpaired) electrons. The molecule has 5 nitrogen and oxygen atoms in total. The van der Waals surface area contributed by atoms with Crippen molar-refractivity contribution in [1.82, 2.24) is 9.78 Å². The molecule has 2 heterocycles. The van der Waals surface area contributed by atoms with Crippen LogP contribution in [0.25, 0.3) is 16.9 Å². The van der Waals surface area contributed by atoms with Crippen molar-refractivity contribution < 1.29 is 22.6 Å². The molecule has 1 aliphatic heterocycles. The third-order valence-electron chi connectivity index (χ3n) is 4.73. The van der Waals surface area contributed by atoms with E-state index in [4.69, 9.17) is 9.47 Å². The molecule has 0 saturated carbocycles. The zero-order valence-electron chi connectivity index (χ0n) is 15.3. The highest BCUT2D eigenvalue weighted by Gasteiger charge is 2.31. The predicted molar refractivity (Wildman–Crippen MR) is 99.3 cm³/mol. The molecule has 8 heteroatoms. The van der Waals surface area contributed by atoms with Gasteiger partial charge in [-0.25, -0.2) is 4.68 Å². The highest BCUT2D eigenvalue weighted by atomic mass is 19.4. The van der Waals surface area contributed by atoms with E-state index in [0.29, 0.717) is 35.2 Å². The van der Waals surface area contributed by atoms with Gasteiger partial charge in [-0.05, 0) is 36.8 Å². The van der Waals surface area contributed by atoms with E-state index in [1.54, 1.807) is 32.4 Å². The number of hydrogen-bond acceptors (Lipinski definition) is 4. The second kappa shape index (κ2) is 6.78. The molecule has 1 N–H and O–H groups in total. The molecule has 0 fully saturated rings. The van der Waals surface area contributed by atoms with Gasteiger partial charge in [0, 0.05) is 23.7 Å². The highest BCUT2D eigenvalue weighted by molar-refractivity contribution is 5.77. The maximum Gasteiger partial charge on any atom is 0.416 e. The first-order valence-electron chi connectivity index (χ1n) is 8.68. The molecule has 0 atom stereocenters. The summed E-state index contributed by atoms with van der Waals surface area (Å²) < 4.78 is 51.6. The van der Waals surface area contributed by atoms with Crippen molar-refractivity contribution in [2.45, 2.75) is 12.6 Å². The van der Waals surface area contributed by atoms with Gasteiger partial charge in [0.2, 0.25) is 0 Å². The van der Waals surface area contributed by atoms with E-state index in [-0.39, 0.29) is 0 Å². The number of aromatic nitrogens is 2. The number of nitrogens with one attached hydrogen (secondary N) is 1. The molecule has 2 aromatic carbocycles. The largest absolute Gasteiger partial charge is 0.497 e. The van der Waals surface area contributed by atoms with Crippen LogP contribution in [0.15, 0.2) is 42.5 Å². The summed E-state index contributed by atoms with van der Waals surface area (Å²) in [5, 5.41) is 7.85. The third kappa shape index (κ3) is 3.04. The van der Waals surface area contributed by atoms with Gasteiger partial charge in [0.15, 0.2) is 0 Å². The lowest BCUT2D eigenvalue weighted by atomic mass is 10.1. The lowest BCUT2D eigenvalue weighted by molar-refractivity contribution is -0.137. The fraction of sp³-hybridized carbons (Fsp3) is 0.250. The second-order valence-electron chi connectivity index (χ2n) is 6.38. The number of fused-ring (bicyclic) bond motifs is 1. The first kappa shape index (κ1) is 18.2. The molecule has 0 amide bonds. The van der Waals surface area contributed by atoms with E-state index in [2.05, 4.69) is 10.4 Å². The molecular weight excluding hydrogens is 371 g/mol. The fourth-order valence-electron chi connectivity index (χ4n) is 3.39. The van der Waals surface area contributed by atoms with Crippen LogP contribution in [0.3, 0.4) is 0 Å². The third-order valence-corrected chi connectivity index (χ3v) is 4.73. The zero-order chi connectivity index (χ0) is 19.9. The van der Waals surface area contributed by atoms with E-state index in [0.717, 1.165) is 29.7 Å². The summed E-state index contributed by atoms with van der Waals surface area (Å²) in [5.41, 5.74) is 2.02. The zero-order valence-corrected chi connectivity index (χ0v) is 15.3. The van der Waals surface area contributed by atoms with Gasteiger partial charge in [-0.1, -0.05) is 6.07 Å². The number of alkyl halides is 3. The number of anilines is 1. The van der Waals surface area contributed by atoms with Crippen molar-refractivity contribution in [3.63, 3.8) is 0 Å². The predicted octanol–water partition coefficient (Wildman–Crippen LogP) is 4.54. The Labute approximate surface area is 159 Å². The Morgan fingerprint density at radius 1 is 1.07 bits per heavy atom. The summed E-state index contributed by atoms with van der Waals surface area (Å²) in [7, 11) is 3.12. The monoisotopic (exact) mass is 389 g/mol. The van der Waals surface area contributed by atoms with Gasteiger partial charge < -0.3 is 14.8 Å². The van der Waals surface area contributed by atoms with E-state index < -0.39 is 11.7 Å². The summed E-state index contributed by atoms with van der Waals surface area (Å²) in [5.74, 6) is 1.93. The smallest absolute Gasteiger partial charge is 0.416 e. The maximum atomic E-state index is 13.1. The van der Waals surface area contributed by atoms with Crippen molar-refractivity contribution in [2.24, 2.45) is 0 Å². The van der Waals surface area contributed by atoms with Crippen LogP contribution < -0.4 is 14.8 Å². The number of nitrogens with zero attached hydrogens (tertiary/aromatic N) is 2. The van der Waals surface area contributed by atoms with Crippen LogP contribution in [-0.4, -0.2) is 30.5 Å². The van der Waals surface area contributed by atoms with Crippen LogP contribution in [0.4, 0.5) is 19.0 Å². The molecule has 0 bridgehead atoms. The molecule has 0 spiro atoms. The Hall–Kier alpha value is -3.16. The number of hydrogen-bond donors (Lipinski definition) is 1. The number of halogens is 3. The van der Waals surface area contributed by atoms with Gasteiger partial charge in [0.05, 0.1) is 25.5 Å². The minimum absolute atomic E-state index is 0.346. The Kier molecular flexibility index (Phi) is 4.41. The van der Waals surface area contributed by atoms with Gasteiger partial charge in [-0.3, -0.25) is 0 Å². The summed E-state index contributed by atoms with van der Waals surface area (Å²) >= 11 is 0. The quantitative estimate of drug-likeness (QED) is 0.712. The van der Waals surface area contributed by atoms with Crippen molar-refractivity contribution in [3.05, 3.63) is 53.6 Å². The van der Waals surface area contributed by atoms with Gasteiger partial charge >= 0.3 is 6.18 Å². The van der Waals surface area contributed by atoms with Gasteiger partial charge in [0.25, 0.3) is 0 Å². The topological polar surface area (TPSA) is 48.3 Å². The van der Waals surface area contributed by atoms with Crippen molar-refractivity contribution >= 4 is 5.82 Å². The SMILES string of the molecule is COc1ccc(-c2nn(-c3cccc(C(F)(F)F)c3)c3c2CCN3)c(OC)c1. The minimum atomic E-state index is -4.41. The normalized spacial score (nSPS) is 13.2. The standard InChI is InChI=1S/C20H18F3N3O2/c1-27-14-6-7-15(17(11-14)28-2)18-16-8-9-24-19(16)26(25-18)13-5-3-4-12(10-13)20(21,22)23/h3-7,10-11,24H,8-9H2,1-2H3. The van der Waals surface area contributed by atoms with Crippen LogP contribution in [0.2, 0.25) is 0 Å². The maximum absolute atomic E-state index is 13.1. The Balaban J connectivity index is 1.86. The molecule has 0 saturated heterocycles. The molecule has 3 aromatic rings. The van der Waals surface area contributed by atoms with Crippen LogP contribution >= 0.6 is 0 Å². The average Bonchev–Trinajstić information content (AvgIpc) is 3.29. The Morgan fingerprint density at radius 3 is 2.61 bits per heavy atom. The molecule has 0 aliphatic carbocycles. The average molecular weight is 389 g/mol. The first-order chi connectivity index (χ1) is 13.4. The summed E-state index contributed by atoms with van der Waals surface area (Å²) in [4.78, 5) is 0. The molecular formula is C20H18F3N3O2. The fourth-order valence-corrected chi connectivity index (χ4v) is 3.39. The summed E-state index contributed by atoms with van der Waals surface area (Å²) in [6.07, 6.45) is -3.69. The van der Waals surface area contributed by atoms with E-state index in [1.165, 1.54) is 10.7 Å². The number of rotatable bonds is 4. The van der Waals surface area contributed by atoms with Crippen molar-refractivity contribution in [1.29, 1.82) is 0 Å². The van der Waals surface area contributed by atoms with E-state index >= 15 is 0 Å². The number of ether oxygens (including phenoxy) is 2. The summed E-state index contributed by atoms with van der Waals surface area (Å²) in [6, 6.07) is 10.5. The minimum Gasteiger partial charge on any atom is -0.497 e. The van der Waals surface area contributed by atoms with Gasteiger partial charge in [-0.2, -0.15) is 18.3 Å². The first-order valence-corrected chi connectivity index (χ1v) is 8.68. The highest BCUT2D eigenvalue weighted by Crippen LogP contribution is 2.40. The summed E-state index contributed by atoms with van der Waals surface area (Å²) in [6.45, 7) is 0.692. The van der Waals surface area contributed by atoms with Gasteiger partial charge in [0.1, 0.15) is 23.0 Å². The molecule has 1 aliphatic rings.